The quantitative estimate of drug-likeness (QED) is 0.948. The van der Waals surface area contributed by atoms with Gasteiger partial charge in [-0.05, 0) is 42.7 Å². The third-order valence-electron chi connectivity index (χ3n) is 3.90. The van der Waals surface area contributed by atoms with Crippen molar-refractivity contribution in [3.8, 4) is 0 Å². The summed E-state index contributed by atoms with van der Waals surface area (Å²) in [5.74, 6) is 0. The number of hydrogen-bond donors (Lipinski definition) is 1. The van der Waals surface area contributed by atoms with E-state index in [2.05, 4.69) is 5.32 Å². The Morgan fingerprint density at radius 1 is 1.14 bits per heavy atom. The number of aryl methyl sites for hydroxylation is 1. The summed E-state index contributed by atoms with van der Waals surface area (Å²) in [5.41, 5.74) is 3.73. The van der Waals surface area contributed by atoms with Crippen LogP contribution in [-0.4, -0.2) is 22.0 Å². The lowest BCUT2D eigenvalue weighted by Gasteiger charge is -2.21. The van der Waals surface area contributed by atoms with E-state index in [9.17, 15) is 8.42 Å². The molecule has 1 N–H and O–H groups in total. The molecule has 0 fully saturated rings. The minimum Gasteiger partial charge on any atom is -0.384 e. The number of anilines is 2. The predicted molar refractivity (Wildman–Crippen MR) is 85.4 cm³/mol. The van der Waals surface area contributed by atoms with E-state index >= 15 is 0 Å². The molecule has 110 valence electrons. The molecule has 0 bridgehead atoms. The summed E-state index contributed by atoms with van der Waals surface area (Å²) in [4.78, 5) is 0.321. The van der Waals surface area contributed by atoms with Gasteiger partial charge in [0.25, 0.3) is 10.0 Å². The van der Waals surface area contributed by atoms with Crippen molar-refractivity contribution in [1.82, 2.24) is 0 Å². The second kappa shape index (κ2) is 5.07. The minimum atomic E-state index is -3.54. The van der Waals surface area contributed by atoms with Crippen LogP contribution in [0.1, 0.15) is 11.1 Å². The lowest BCUT2D eigenvalue weighted by atomic mass is 10.2. The van der Waals surface area contributed by atoms with Gasteiger partial charge in [0.2, 0.25) is 0 Å². The Morgan fingerprint density at radius 2 is 1.90 bits per heavy atom. The maximum absolute atomic E-state index is 12.8. The first-order valence-corrected chi connectivity index (χ1v) is 8.35. The molecule has 0 aromatic heterocycles. The Balaban J connectivity index is 2.02. The number of para-hydroxylation sites is 1. The maximum Gasteiger partial charge on any atom is 0.264 e. The van der Waals surface area contributed by atoms with Crippen LogP contribution >= 0.6 is 0 Å². The van der Waals surface area contributed by atoms with Crippen molar-refractivity contribution in [2.24, 2.45) is 0 Å². The van der Waals surface area contributed by atoms with Crippen molar-refractivity contribution in [3.05, 3.63) is 53.6 Å². The summed E-state index contributed by atoms with van der Waals surface area (Å²) in [6, 6.07) is 12.8. The largest absolute Gasteiger partial charge is 0.384 e. The number of fused-ring (bicyclic) bond motifs is 1. The van der Waals surface area contributed by atoms with E-state index in [1.165, 1.54) is 9.87 Å². The van der Waals surface area contributed by atoms with Gasteiger partial charge in [-0.2, -0.15) is 0 Å². The molecule has 0 saturated carbocycles. The standard InChI is InChI=1S/C16H18N2O2S/c1-12-5-3-4-6-16(12)18(2)21(19,20)14-8-7-13-9-10-17-15(13)11-14/h3-8,11,17H,9-10H2,1-2H3. The zero-order chi connectivity index (χ0) is 15.0. The van der Waals surface area contributed by atoms with E-state index in [4.69, 9.17) is 0 Å². The lowest BCUT2D eigenvalue weighted by molar-refractivity contribution is 0.594. The summed E-state index contributed by atoms with van der Waals surface area (Å²) in [5, 5.41) is 3.22. The van der Waals surface area contributed by atoms with Crippen LogP contribution in [0.25, 0.3) is 0 Å². The molecular formula is C16H18N2O2S. The van der Waals surface area contributed by atoms with E-state index in [1.807, 2.05) is 37.3 Å². The van der Waals surface area contributed by atoms with Crippen molar-refractivity contribution in [3.63, 3.8) is 0 Å². The number of rotatable bonds is 3. The van der Waals surface area contributed by atoms with Gasteiger partial charge in [-0.1, -0.05) is 24.3 Å². The Kier molecular flexibility index (Phi) is 3.37. The normalized spacial score (nSPS) is 13.6. The first kappa shape index (κ1) is 13.9. The highest BCUT2D eigenvalue weighted by atomic mass is 32.2. The van der Waals surface area contributed by atoms with Gasteiger partial charge >= 0.3 is 0 Å². The fraction of sp³-hybridized carbons (Fsp3) is 0.250. The molecule has 0 saturated heterocycles. The van der Waals surface area contributed by atoms with Crippen LogP contribution < -0.4 is 9.62 Å². The third kappa shape index (κ3) is 2.38. The molecule has 2 aromatic carbocycles. The van der Waals surface area contributed by atoms with E-state index in [1.54, 1.807) is 19.2 Å². The monoisotopic (exact) mass is 302 g/mol. The smallest absolute Gasteiger partial charge is 0.264 e. The number of benzene rings is 2. The Hall–Kier alpha value is -2.01. The zero-order valence-corrected chi connectivity index (χ0v) is 12.9. The van der Waals surface area contributed by atoms with Crippen molar-refractivity contribution in [1.29, 1.82) is 0 Å². The SMILES string of the molecule is Cc1ccccc1N(C)S(=O)(=O)c1ccc2c(c1)NCC2. The van der Waals surface area contributed by atoms with E-state index in [0.717, 1.165) is 24.2 Å². The van der Waals surface area contributed by atoms with Gasteiger partial charge in [0.1, 0.15) is 0 Å². The van der Waals surface area contributed by atoms with Gasteiger partial charge in [0.15, 0.2) is 0 Å². The van der Waals surface area contributed by atoms with Crippen LogP contribution in [0.4, 0.5) is 11.4 Å². The second-order valence-electron chi connectivity index (χ2n) is 5.25. The topological polar surface area (TPSA) is 49.4 Å². The number of nitrogens with zero attached hydrogens (tertiary/aromatic N) is 1. The minimum absolute atomic E-state index is 0.321. The molecule has 1 heterocycles. The van der Waals surface area contributed by atoms with Crippen molar-refractivity contribution >= 4 is 21.4 Å². The second-order valence-corrected chi connectivity index (χ2v) is 7.22. The molecule has 2 aromatic rings. The molecule has 21 heavy (non-hydrogen) atoms. The number of sulfonamides is 1. The first-order valence-electron chi connectivity index (χ1n) is 6.91. The summed E-state index contributed by atoms with van der Waals surface area (Å²) in [6.07, 6.45) is 0.948. The first-order chi connectivity index (χ1) is 10.00. The van der Waals surface area contributed by atoms with Crippen LogP contribution in [0.5, 0.6) is 0 Å². The van der Waals surface area contributed by atoms with E-state index in [-0.39, 0.29) is 0 Å². The molecule has 1 aliphatic heterocycles. The summed E-state index contributed by atoms with van der Waals surface area (Å²) >= 11 is 0. The van der Waals surface area contributed by atoms with Gasteiger partial charge in [0, 0.05) is 19.3 Å². The van der Waals surface area contributed by atoms with Gasteiger partial charge in [-0.15, -0.1) is 0 Å². The van der Waals surface area contributed by atoms with Gasteiger partial charge < -0.3 is 5.32 Å². The Bertz CT molecular complexity index is 785. The summed E-state index contributed by atoms with van der Waals surface area (Å²) in [7, 11) is -1.95. The highest BCUT2D eigenvalue weighted by Crippen LogP contribution is 2.29. The molecule has 0 atom stereocenters. The summed E-state index contributed by atoms with van der Waals surface area (Å²) in [6.45, 7) is 2.78. The average molecular weight is 302 g/mol. The van der Waals surface area contributed by atoms with Crippen molar-refractivity contribution in [2.75, 3.05) is 23.2 Å². The molecule has 0 amide bonds. The highest BCUT2D eigenvalue weighted by Gasteiger charge is 2.24. The number of hydrogen-bond acceptors (Lipinski definition) is 3. The lowest BCUT2D eigenvalue weighted by Crippen LogP contribution is -2.27. The van der Waals surface area contributed by atoms with E-state index < -0.39 is 10.0 Å². The van der Waals surface area contributed by atoms with E-state index in [0.29, 0.717) is 10.6 Å². The number of nitrogens with one attached hydrogen (secondary N) is 1. The predicted octanol–water partition coefficient (Wildman–Crippen LogP) is 2.79. The Labute approximate surface area is 125 Å². The van der Waals surface area contributed by atoms with Gasteiger partial charge in [0.05, 0.1) is 10.6 Å². The molecule has 4 nitrogen and oxygen atoms in total. The molecule has 0 aliphatic carbocycles. The molecule has 0 unspecified atom stereocenters. The van der Waals surface area contributed by atoms with Crippen molar-refractivity contribution in [2.45, 2.75) is 18.2 Å². The summed E-state index contributed by atoms with van der Waals surface area (Å²) < 4.78 is 26.9. The molecule has 0 radical (unpaired) electrons. The van der Waals surface area contributed by atoms with Gasteiger partial charge in [-0.3, -0.25) is 4.31 Å². The highest BCUT2D eigenvalue weighted by molar-refractivity contribution is 7.92. The van der Waals surface area contributed by atoms with Crippen LogP contribution in [-0.2, 0) is 16.4 Å². The van der Waals surface area contributed by atoms with Crippen molar-refractivity contribution < 1.29 is 8.42 Å². The fourth-order valence-corrected chi connectivity index (χ4v) is 3.92. The van der Waals surface area contributed by atoms with Crippen LogP contribution in [0, 0.1) is 6.92 Å². The fourth-order valence-electron chi connectivity index (χ4n) is 2.63. The third-order valence-corrected chi connectivity index (χ3v) is 5.67. The van der Waals surface area contributed by atoms with Gasteiger partial charge in [-0.25, -0.2) is 8.42 Å². The molecule has 3 rings (SSSR count). The van der Waals surface area contributed by atoms with Crippen LogP contribution in [0.15, 0.2) is 47.4 Å². The molecule has 5 heteroatoms. The van der Waals surface area contributed by atoms with Crippen LogP contribution in [0.2, 0.25) is 0 Å². The maximum atomic E-state index is 12.8. The molecule has 0 spiro atoms. The average Bonchev–Trinajstić information content (AvgIpc) is 2.94. The Morgan fingerprint density at radius 3 is 2.67 bits per heavy atom. The molecular weight excluding hydrogens is 284 g/mol. The van der Waals surface area contributed by atoms with Crippen LogP contribution in [0.3, 0.4) is 0 Å². The molecule has 1 aliphatic rings. The zero-order valence-electron chi connectivity index (χ0n) is 12.1.